The average molecular weight is 1630 g/mol. The van der Waals surface area contributed by atoms with Gasteiger partial charge in [-0.3, -0.25) is 4.79 Å². The Morgan fingerprint density at radius 3 is 0.397 bits per heavy atom. The number of carbonyl (C=O) groups is 1. The van der Waals surface area contributed by atoms with Gasteiger partial charge in [0, 0.05) is 5.92 Å². The zero-order valence-electron chi connectivity index (χ0n) is 86.0. The Kier molecular flexibility index (Phi) is 73.6. The van der Waals surface area contributed by atoms with E-state index in [1.807, 2.05) is 0 Å². The predicted molar refractivity (Wildman–Crippen MR) is 528 cm³/mol. The van der Waals surface area contributed by atoms with Gasteiger partial charge in [0.2, 0.25) is 0 Å². The number of aliphatic hydroxyl groups excluding tert-OH is 1. The maximum Gasteiger partial charge on any atom is 0.161 e. The molecule has 696 valence electrons. The summed E-state index contributed by atoms with van der Waals surface area (Å²) >= 11 is 0. The minimum Gasteiger partial charge on any atom is -0.389 e. The van der Waals surface area contributed by atoms with Crippen molar-refractivity contribution >= 4 is 5.78 Å². The molecule has 1 N–H and O–H groups in total. The Morgan fingerprint density at radius 2 is 0.276 bits per heavy atom. The molecule has 0 fully saturated rings. The third-order valence-corrected chi connectivity index (χ3v) is 34.6. The fourth-order valence-corrected chi connectivity index (χ4v) is 25.4. The molecular weight excluding hydrogens is 1400 g/mol. The van der Waals surface area contributed by atoms with Gasteiger partial charge >= 0.3 is 0 Å². The quantitative estimate of drug-likeness (QED) is 0.0616. The minimum absolute atomic E-state index is 0.0753. The molecule has 0 aromatic rings. The van der Waals surface area contributed by atoms with Crippen LogP contribution in [0.15, 0.2) is 0 Å². The molecule has 0 bridgehead atoms. The lowest BCUT2D eigenvalue weighted by Crippen LogP contribution is -2.29. The van der Waals surface area contributed by atoms with Gasteiger partial charge in [0.15, 0.2) is 5.78 Å². The highest BCUT2D eigenvalue weighted by Gasteiger charge is 2.38. The molecule has 0 aliphatic heterocycles. The van der Waals surface area contributed by atoms with Crippen molar-refractivity contribution in [3.8, 4) is 0 Å². The molecule has 0 aliphatic carbocycles. The lowest BCUT2D eigenvalue weighted by Gasteiger charge is -2.39. The van der Waals surface area contributed by atoms with Crippen LogP contribution < -0.4 is 0 Å². The summed E-state index contributed by atoms with van der Waals surface area (Å²) in [6.07, 6.45) is 76.9. The number of rotatable bonds is 85. The van der Waals surface area contributed by atoms with E-state index in [-0.39, 0.29) is 18.3 Å². The van der Waals surface area contributed by atoms with Crippen LogP contribution in [0.5, 0.6) is 0 Å². The molecule has 0 amide bonds. The van der Waals surface area contributed by atoms with Gasteiger partial charge in [-0.2, -0.15) is 0 Å². The van der Waals surface area contributed by atoms with Gasteiger partial charge in [0.25, 0.3) is 0 Å². The van der Waals surface area contributed by atoms with Crippen LogP contribution in [0.4, 0.5) is 0 Å². The smallest absolute Gasteiger partial charge is 0.161 e. The summed E-state index contributed by atoms with van der Waals surface area (Å²) in [6.45, 7) is 70.5. The van der Waals surface area contributed by atoms with Crippen molar-refractivity contribution < 1.29 is 9.90 Å². The Labute approximate surface area is 737 Å². The van der Waals surface area contributed by atoms with Crippen molar-refractivity contribution in [1.29, 1.82) is 0 Å². The first kappa shape index (κ1) is 116. The summed E-state index contributed by atoms with van der Waals surface area (Å²) < 4.78 is 0. The molecule has 116 heavy (non-hydrogen) atoms. The molecule has 0 aromatic carbocycles. The molecule has 0 saturated heterocycles. The van der Waals surface area contributed by atoms with Crippen molar-refractivity contribution in [3.63, 3.8) is 0 Å². The van der Waals surface area contributed by atoms with Gasteiger partial charge in [-0.1, -0.05) is 386 Å². The van der Waals surface area contributed by atoms with E-state index >= 15 is 4.79 Å². The molecule has 0 rings (SSSR count). The van der Waals surface area contributed by atoms with Gasteiger partial charge in [0.1, 0.15) is 6.61 Å². The monoisotopic (exact) mass is 1630 g/mol. The van der Waals surface area contributed by atoms with Crippen molar-refractivity contribution in [3.05, 3.63) is 0 Å². The summed E-state index contributed by atoms with van der Waals surface area (Å²) in [7, 11) is 0. The standard InChI is InChI=1S/C114H228O2/c1-29-57-58-59-100(60-87(30-2)31-3)73-107(74-101(61-88(32-4)33-5)62-89(34-6)35-7)80-110(79-106(71-98(52-24)53-25)72-99(54-26)55-27)83-112(85-113(56-28)114(116)86-115)84-111(81-108(75-102(63-90(36-8)37-9)64-91(38-10)39-11)76-103(65-92(40-12)41-13)66-93(42-14)43-15)82-109(77-104(67-94(44-16)45-17)68-95(46-18)47-19)78-105(69-96(48-20)49-21)70-97(50-22)51-23/h87-113,115H,29-86H2,1-28H3. The van der Waals surface area contributed by atoms with Crippen LogP contribution in [0.25, 0.3) is 0 Å². The van der Waals surface area contributed by atoms with E-state index in [0.717, 1.165) is 137 Å². The Hall–Kier alpha value is -0.370. The summed E-state index contributed by atoms with van der Waals surface area (Å²) in [4.78, 5) is 15.0. The lowest BCUT2D eigenvalue weighted by molar-refractivity contribution is -0.126. The Morgan fingerprint density at radius 1 is 0.155 bits per heavy atom. The van der Waals surface area contributed by atoms with E-state index in [9.17, 15) is 5.11 Å². The van der Waals surface area contributed by atoms with Crippen LogP contribution in [-0.2, 0) is 4.79 Å². The number of hydrogen-bond donors (Lipinski definition) is 1. The zero-order valence-corrected chi connectivity index (χ0v) is 86.0. The van der Waals surface area contributed by atoms with Crippen molar-refractivity contribution in [1.82, 2.24) is 0 Å². The molecule has 0 aliphatic rings. The predicted octanol–water partition coefficient (Wildman–Crippen LogP) is 39.0. The Balaban J connectivity index is 10.7. The number of unbranched alkanes of at least 4 members (excludes halogenated alkanes) is 2. The number of ketones is 1. The Bertz CT molecular complexity index is 1810. The van der Waals surface area contributed by atoms with Gasteiger partial charge in [-0.15, -0.1) is 0 Å². The van der Waals surface area contributed by atoms with E-state index < -0.39 is 0 Å². The maximum atomic E-state index is 15.0. The van der Waals surface area contributed by atoms with Gasteiger partial charge < -0.3 is 5.11 Å². The maximum absolute atomic E-state index is 15.0. The highest BCUT2D eigenvalue weighted by molar-refractivity contribution is 5.81. The number of Topliss-reactive ketones (excluding diaryl/α,β-unsaturated/α-hetero) is 1. The fourth-order valence-electron chi connectivity index (χ4n) is 25.4. The molecule has 2 nitrogen and oxygen atoms in total. The molecule has 5 atom stereocenters. The first-order valence-corrected chi connectivity index (χ1v) is 55.1. The second-order valence-electron chi connectivity index (χ2n) is 42.5. The molecule has 0 saturated carbocycles. The van der Waals surface area contributed by atoms with Gasteiger partial charge in [-0.25, -0.2) is 0 Å². The molecule has 0 heterocycles. The van der Waals surface area contributed by atoms with Crippen molar-refractivity contribution in [2.24, 2.45) is 160 Å². The zero-order chi connectivity index (χ0) is 87.2. The van der Waals surface area contributed by atoms with E-state index in [1.54, 1.807) is 0 Å². The minimum atomic E-state index is -0.298. The second kappa shape index (κ2) is 73.8. The van der Waals surface area contributed by atoms with Crippen LogP contribution >= 0.6 is 0 Å². The lowest BCUT2D eigenvalue weighted by atomic mass is 9.66. The van der Waals surface area contributed by atoms with Crippen LogP contribution in [0.2, 0.25) is 0 Å². The SMILES string of the molecule is CCCCCC(CC(CC)CC)CC(CC(CC(CC)CC)CC(CC)CC)CC(CC(CC(CC)CC)CC(CC)CC)CC(CC(CC(CC(CC(CC)CC)CC(CC)CC)CC(CC(CC)CC)CC(CC)CC)CC(CC(CC(CC)CC)CC(CC)CC)CC(CC(CC)CC)CC(CC)CC)CC(CC)C(=O)CO. The first-order valence-electron chi connectivity index (χ1n) is 55.1. The van der Waals surface area contributed by atoms with Crippen molar-refractivity contribution in [2.45, 2.75) is 560 Å². The molecule has 0 aromatic heterocycles. The fraction of sp³-hybridized carbons (Fsp3) is 0.991. The molecular formula is C114H228O2. The molecule has 5 unspecified atom stereocenters. The van der Waals surface area contributed by atoms with E-state index in [2.05, 4.69) is 194 Å². The van der Waals surface area contributed by atoms with E-state index in [4.69, 9.17) is 0 Å². The average Bonchev–Trinajstić information content (AvgIpc) is 0.844. The third-order valence-electron chi connectivity index (χ3n) is 34.6. The highest BCUT2D eigenvalue weighted by Crippen LogP contribution is 2.49. The number of carbonyl (C=O) groups excluding carboxylic acids is 1. The molecule has 0 spiro atoms. The van der Waals surface area contributed by atoms with Gasteiger partial charge in [0.05, 0.1) is 0 Å². The second-order valence-corrected chi connectivity index (χ2v) is 42.5. The molecule has 2 heteroatoms. The number of hydrogen-bond acceptors (Lipinski definition) is 2. The molecule has 0 radical (unpaired) electrons. The third kappa shape index (κ3) is 50.7. The summed E-state index contributed by atoms with van der Waals surface area (Å²) in [6, 6.07) is 0. The van der Waals surface area contributed by atoms with Crippen LogP contribution in [0.3, 0.4) is 0 Å². The summed E-state index contributed by atoms with van der Waals surface area (Å²) in [5, 5.41) is 11.4. The van der Waals surface area contributed by atoms with E-state index in [1.165, 1.54) is 353 Å². The summed E-state index contributed by atoms with van der Waals surface area (Å²) in [5.74, 6) is 19.9. The topological polar surface area (TPSA) is 37.3 Å². The van der Waals surface area contributed by atoms with Crippen LogP contribution in [-0.4, -0.2) is 17.5 Å². The highest BCUT2D eigenvalue weighted by atomic mass is 16.3. The summed E-state index contributed by atoms with van der Waals surface area (Å²) in [5.41, 5.74) is 0. The van der Waals surface area contributed by atoms with Crippen LogP contribution in [0, 0.1) is 160 Å². The first-order chi connectivity index (χ1) is 56.0. The number of aliphatic hydroxyl groups is 1. The van der Waals surface area contributed by atoms with E-state index in [0.29, 0.717) is 29.6 Å². The van der Waals surface area contributed by atoms with Crippen molar-refractivity contribution in [2.75, 3.05) is 6.61 Å². The largest absolute Gasteiger partial charge is 0.389 e. The van der Waals surface area contributed by atoms with Crippen LogP contribution in [0.1, 0.15) is 560 Å². The van der Waals surface area contributed by atoms with Gasteiger partial charge in [-0.05, 0) is 327 Å². The normalized spacial score (nSPS) is 14.4.